The number of quaternary nitrogens is 1. The molecular formula is C14H32N3O2+. The van der Waals surface area contributed by atoms with Crippen molar-refractivity contribution in [3.8, 4) is 0 Å². The van der Waals surface area contributed by atoms with Crippen LogP contribution in [0.4, 0.5) is 0 Å². The van der Waals surface area contributed by atoms with Crippen LogP contribution in [0, 0.1) is 5.41 Å². The van der Waals surface area contributed by atoms with Gasteiger partial charge in [-0.1, -0.05) is 20.8 Å². The summed E-state index contributed by atoms with van der Waals surface area (Å²) in [6.45, 7) is 20.2. The van der Waals surface area contributed by atoms with Crippen LogP contribution >= 0.6 is 0 Å². The Labute approximate surface area is 117 Å². The minimum atomic E-state index is -1.10. The molecule has 0 heterocycles. The monoisotopic (exact) mass is 274 g/mol. The summed E-state index contributed by atoms with van der Waals surface area (Å²) in [5.74, 6) is -2.20. The highest BCUT2D eigenvalue weighted by atomic mass is 16.2. The number of amides is 2. The van der Waals surface area contributed by atoms with Gasteiger partial charge in [-0.05, 0) is 27.7 Å². The lowest BCUT2D eigenvalue weighted by atomic mass is 9.85. The van der Waals surface area contributed by atoms with Crippen molar-refractivity contribution in [1.29, 1.82) is 0 Å². The van der Waals surface area contributed by atoms with Gasteiger partial charge in [-0.25, -0.2) is 0 Å². The molecule has 5 heteroatoms. The number of carbonyl (C=O) groups is 2. The molecule has 0 aliphatic heterocycles. The molecule has 19 heavy (non-hydrogen) atoms. The first-order valence-corrected chi connectivity index (χ1v) is 6.93. The lowest BCUT2D eigenvalue weighted by Gasteiger charge is -2.47. The topological polar surface area (TPSA) is 86.2 Å². The molecule has 0 fully saturated rings. The summed E-state index contributed by atoms with van der Waals surface area (Å²) in [6.07, 6.45) is 0. The van der Waals surface area contributed by atoms with Crippen molar-refractivity contribution in [2.45, 2.75) is 54.5 Å². The van der Waals surface area contributed by atoms with Crippen molar-refractivity contribution < 1.29 is 14.1 Å². The summed E-state index contributed by atoms with van der Waals surface area (Å²) in [6, 6.07) is 0.743. The van der Waals surface area contributed by atoms with E-state index in [1.807, 2.05) is 0 Å². The van der Waals surface area contributed by atoms with Crippen molar-refractivity contribution in [1.82, 2.24) is 0 Å². The molecule has 1 atom stereocenters. The molecule has 0 aromatic rings. The second-order valence-corrected chi connectivity index (χ2v) is 5.94. The van der Waals surface area contributed by atoms with Gasteiger partial charge in [0.2, 0.25) is 0 Å². The Kier molecular flexibility index (Phi) is 8.67. The van der Waals surface area contributed by atoms with Gasteiger partial charge >= 0.3 is 11.8 Å². The van der Waals surface area contributed by atoms with Crippen LogP contribution < -0.4 is 11.5 Å². The van der Waals surface area contributed by atoms with Crippen LogP contribution in [-0.4, -0.2) is 42.0 Å². The van der Waals surface area contributed by atoms with E-state index in [4.69, 9.17) is 0 Å². The Morgan fingerprint density at radius 3 is 1.26 bits per heavy atom. The largest absolute Gasteiger partial charge is 0.361 e. The number of hydrogen-bond donors (Lipinski definition) is 2. The summed E-state index contributed by atoms with van der Waals surface area (Å²) in [4.78, 5) is 18.9. The average molecular weight is 274 g/mol. The quantitative estimate of drug-likeness (QED) is 0.597. The summed E-state index contributed by atoms with van der Waals surface area (Å²) < 4.78 is 1.25. The Morgan fingerprint density at radius 1 is 0.947 bits per heavy atom. The van der Waals surface area contributed by atoms with E-state index < -0.39 is 11.8 Å². The molecule has 0 aliphatic carbocycles. The van der Waals surface area contributed by atoms with Gasteiger partial charge in [0, 0.05) is 5.41 Å². The maximum Gasteiger partial charge on any atom is 0.306 e. The first kappa shape index (κ1) is 20.2. The highest BCUT2D eigenvalue weighted by Crippen LogP contribution is 2.29. The third kappa shape index (κ3) is 6.57. The highest BCUT2D eigenvalue weighted by molar-refractivity contribution is 6.33. The lowest BCUT2D eigenvalue weighted by Crippen LogP contribution is -2.58. The van der Waals surface area contributed by atoms with Crippen LogP contribution in [0.5, 0.6) is 0 Å². The molecule has 0 bridgehead atoms. The van der Waals surface area contributed by atoms with Crippen molar-refractivity contribution in [3.05, 3.63) is 0 Å². The van der Waals surface area contributed by atoms with Crippen LogP contribution in [0.15, 0.2) is 0 Å². The minimum absolute atomic E-state index is 0.419. The van der Waals surface area contributed by atoms with Crippen LogP contribution in [-0.2, 0) is 9.59 Å². The minimum Gasteiger partial charge on any atom is -0.361 e. The number of nitrogens with two attached hydrogens (primary N) is 2. The van der Waals surface area contributed by atoms with Gasteiger partial charge in [0.25, 0.3) is 0 Å². The zero-order valence-corrected chi connectivity index (χ0v) is 13.6. The maximum atomic E-state index is 9.45. The maximum absolute atomic E-state index is 9.45. The second-order valence-electron chi connectivity index (χ2n) is 5.94. The zero-order chi connectivity index (χ0) is 15.9. The molecule has 0 spiro atoms. The molecule has 4 N–H and O–H groups in total. The summed E-state index contributed by atoms with van der Waals surface area (Å²) >= 11 is 0. The molecule has 0 rings (SSSR count). The third-order valence-electron chi connectivity index (χ3n) is 4.21. The van der Waals surface area contributed by atoms with Crippen LogP contribution in [0.1, 0.15) is 48.5 Å². The van der Waals surface area contributed by atoms with E-state index in [1.165, 1.54) is 24.1 Å². The predicted molar refractivity (Wildman–Crippen MR) is 79.2 cm³/mol. The number of nitrogens with zero attached hydrogens (tertiary/aromatic N) is 1. The molecule has 114 valence electrons. The first-order valence-electron chi connectivity index (χ1n) is 6.93. The third-order valence-corrected chi connectivity index (χ3v) is 4.21. The van der Waals surface area contributed by atoms with Gasteiger partial charge in [-0.2, -0.15) is 0 Å². The fourth-order valence-electron chi connectivity index (χ4n) is 2.31. The van der Waals surface area contributed by atoms with Crippen molar-refractivity contribution in [3.63, 3.8) is 0 Å². The summed E-state index contributed by atoms with van der Waals surface area (Å²) in [7, 11) is 0. The zero-order valence-electron chi connectivity index (χ0n) is 13.6. The van der Waals surface area contributed by atoms with Gasteiger partial charge in [-0.3, -0.25) is 9.59 Å². The number of hydrogen-bond acceptors (Lipinski definition) is 2. The van der Waals surface area contributed by atoms with E-state index >= 15 is 0 Å². The van der Waals surface area contributed by atoms with Gasteiger partial charge in [0.15, 0.2) is 0 Å². The van der Waals surface area contributed by atoms with Crippen LogP contribution in [0.25, 0.3) is 0 Å². The van der Waals surface area contributed by atoms with E-state index in [0.29, 0.717) is 5.41 Å². The van der Waals surface area contributed by atoms with Gasteiger partial charge in [0.05, 0.1) is 25.7 Å². The van der Waals surface area contributed by atoms with Gasteiger partial charge in [0.1, 0.15) is 0 Å². The van der Waals surface area contributed by atoms with E-state index in [-0.39, 0.29) is 0 Å². The number of primary amides is 2. The SMILES string of the molecule is CC[N+](CC)(CC)C(C)C(C)(C)C.NC(=O)C(N)=O. The van der Waals surface area contributed by atoms with E-state index in [1.54, 1.807) is 0 Å². The highest BCUT2D eigenvalue weighted by Gasteiger charge is 2.37. The first-order chi connectivity index (χ1) is 8.48. The van der Waals surface area contributed by atoms with E-state index in [0.717, 1.165) is 6.04 Å². The fraction of sp³-hybridized carbons (Fsp3) is 0.857. The molecule has 1 unspecified atom stereocenters. The normalized spacial score (nSPS) is 13.2. The summed E-state index contributed by atoms with van der Waals surface area (Å²) in [5.41, 5.74) is 9.06. The smallest absolute Gasteiger partial charge is 0.306 e. The Balaban J connectivity index is 0. The molecule has 2 amide bonds. The molecule has 0 saturated heterocycles. The van der Waals surface area contributed by atoms with Crippen molar-refractivity contribution in [2.75, 3.05) is 19.6 Å². The van der Waals surface area contributed by atoms with Crippen LogP contribution in [0.2, 0.25) is 0 Å². The molecule has 0 aromatic carbocycles. The number of carbonyl (C=O) groups excluding carboxylic acids is 2. The lowest BCUT2D eigenvalue weighted by molar-refractivity contribution is -0.951. The molecule has 0 aliphatic rings. The van der Waals surface area contributed by atoms with Crippen molar-refractivity contribution in [2.24, 2.45) is 16.9 Å². The number of rotatable bonds is 4. The molecule has 0 saturated carbocycles. The van der Waals surface area contributed by atoms with E-state index in [9.17, 15) is 9.59 Å². The Hall–Kier alpha value is -1.10. The fourth-order valence-corrected chi connectivity index (χ4v) is 2.31. The Morgan fingerprint density at radius 2 is 1.21 bits per heavy atom. The summed E-state index contributed by atoms with van der Waals surface area (Å²) in [5, 5.41) is 0. The average Bonchev–Trinajstić information content (AvgIpc) is 2.31. The molecule has 0 aromatic heterocycles. The standard InChI is InChI=1S/C12H28N.C2H4N2O2/c1-8-13(9-2,10-3)11(4)12(5,6)7;3-1(5)2(4)6/h11H,8-10H2,1-7H3;(H2,3,5)(H2,4,6)/q+1;. The molecule has 5 nitrogen and oxygen atoms in total. The molecule has 0 radical (unpaired) electrons. The van der Waals surface area contributed by atoms with Gasteiger partial charge in [-0.15, -0.1) is 0 Å². The van der Waals surface area contributed by atoms with Gasteiger partial charge < -0.3 is 16.0 Å². The van der Waals surface area contributed by atoms with E-state index in [2.05, 4.69) is 59.9 Å². The van der Waals surface area contributed by atoms with Crippen molar-refractivity contribution >= 4 is 11.8 Å². The predicted octanol–water partition coefficient (Wildman–Crippen LogP) is 1.25. The van der Waals surface area contributed by atoms with Crippen LogP contribution in [0.3, 0.4) is 0 Å². The Bertz CT molecular complexity index is 271. The second kappa shape index (κ2) is 8.15. The molecular weight excluding hydrogens is 242 g/mol.